The van der Waals surface area contributed by atoms with Gasteiger partial charge in [-0.25, -0.2) is 5.43 Å². The van der Waals surface area contributed by atoms with Gasteiger partial charge in [-0.05, 0) is 78.3 Å². The smallest absolute Gasteiger partial charge is 0.277 e. The van der Waals surface area contributed by atoms with E-state index in [-0.39, 0.29) is 18.3 Å². The van der Waals surface area contributed by atoms with Crippen molar-refractivity contribution < 1.29 is 14.6 Å². The number of hydrogen-bond donors (Lipinski definition) is 2. The van der Waals surface area contributed by atoms with Gasteiger partial charge in [-0.1, -0.05) is 12.1 Å². The molecule has 0 saturated heterocycles. The molecule has 2 rings (SSSR count). The minimum Gasteiger partial charge on any atom is -0.507 e. The minimum atomic E-state index is -0.364. The summed E-state index contributed by atoms with van der Waals surface area (Å²) in [6, 6.07) is 9.12. The maximum atomic E-state index is 11.9. The molecule has 5 nitrogen and oxygen atoms in total. The first-order valence-electron chi connectivity index (χ1n) is 7.38. The van der Waals surface area contributed by atoms with Crippen molar-refractivity contribution in [2.24, 2.45) is 5.10 Å². The quantitative estimate of drug-likeness (QED) is 0.427. The number of aromatic hydroxyl groups is 1. The average Bonchev–Trinajstić information content (AvgIpc) is 2.54. The van der Waals surface area contributed by atoms with Gasteiger partial charge in [-0.15, -0.1) is 0 Å². The van der Waals surface area contributed by atoms with Crippen LogP contribution in [-0.4, -0.2) is 23.8 Å². The van der Waals surface area contributed by atoms with Crippen LogP contribution in [0.4, 0.5) is 0 Å². The maximum absolute atomic E-state index is 11.9. The normalized spacial score (nSPS) is 10.8. The molecule has 0 fully saturated rings. The largest absolute Gasteiger partial charge is 0.507 e. The molecule has 1 amide bonds. The Bertz CT molecular complexity index is 788. The first-order valence-corrected chi connectivity index (χ1v) is 8.46. The zero-order valence-corrected chi connectivity index (χ0v) is 15.9. The van der Waals surface area contributed by atoms with Gasteiger partial charge in [0.2, 0.25) is 0 Å². The van der Waals surface area contributed by atoms with E-state index in [0.717, 1.165) is 26.0 Å². The van der Waals surface area contributed by atoms with Crippen LogP contribution in [0.25, 0.3) is 0 Å². The Labute approximate surface area is 154 Å². The highest BCUT2D eigenvalue weighted by Gasteiger charge is 2.09. The third-order valence-corrected chi connectivity index (χ3v) is 4.27. The highest BCUT2D eigenvalue weighted by Crippen LogP contribution is 2.25. The van der Waals surface area contributed by atoms with Gasteiger partial charge in [0.15, 0.2) is 6.61 Å². The highest BCUT2D eigenvalue weighted by atomic mass is 127. The molecule has 0 aliphatic carbocycles. The second kappa shape index (κ2) is 8.14. The minimum absolute atomic E-state index is 0.107. The number of carbonyl (C=O) groups excluding carboxylic acids is 1. The summed E-state index contributed by atoms with van der Waals surface area (Å²) < 4.78 is 6.58. The summed E-state index contributed by atoms with van der Waals surface area (Å²) in [4.78, 5) is 11.9. The number of ether oxygens (including phenoxy) is 1. The molecule has 2 aromatic rings. The lowest BCUT2D eigenvalue weighted by Gasteiger charge is -2.13. The molecule has 0 unspecified atom stereocenters. The number of phenols is 1. The third kappa shape index (κ3) is 4.70. The summed E-state index contributed by atoms with van der Waals surface area (Å²) >= 11 is 2.14. The number of hydrogen-bond acceptors (Lipinski definition) is 4. The lowest BCUT2D eigenvalue weighted by Crippen LogP contribution is -2.25. The molecule has 0 atom stereocenters. The van der Waals surface area contributed by atoms with E-state index < -0.39 is 0 Å². The molecule has 0 radical (unpaired) electrons. The van der Waals surface area contributed by atoms with E-state index in [1.54, 1.807) is 18.2 Å². The molecule has 2 N–H and O–H groups in total. The number of phenolic OH excluding ortho intramolecular Hbond substituents is 1. The van der Waals surface area contributed by atoms with Gasteiger partial charge in [0.25, 0.3) is 5.91 Å². The van der Waals surface area contributed by atoms with Crippen molar-refractivity contribution in [3.63, 3.8) is 0 Å². The van der Waals surface area contributed by atoms with Gasteiger partial charge in [0.1, 0.15) is 11.5 Å². The van der Waals surface area contributed by atoms with Crippen molar-refractivity contribution in [2.75, 3.05) is 6.61 Å². The number of amides is 1. The molecule has 2 aromatic carbocycles. The Morgan fingerprint density at radius 2 is 1.96 bits per heavy atom. The number of nitrogens with zero attached hydrogens (tertiary/aromatic N) is 1. The van der Waals surface area contributed by atoms with Crippen LogP contribution in [0.3, 0.4) is 0 Å². The molecule has 0 heterocycles. The molecule has 24 heavy (non-hydrogen) atoms. The topological polar surface area (TPSA) is 70.9 Å². The zero-order valence-electron chi connectivity index (χ0n) is 13.8. The summed E-state index contributed by atoms with van der Waals surface area (Å²) in [5, 5.41) is 13.6. The second-order valence-electron chi connectivity index (χ2n) is 5.44. The molecule has 0 saturated carbocycles. The van der Waals surface area contributed by atoms with Gasteiger partial charge in [0.05, 0.1) is 6.21 Å². The van der Waals surface area contributed by atoms with Crippen LogP contribution in [0.5, 0.6) is 11.5 Å². The monoisotopic (exact) mass is 438 g/mol. The standard InChI is InChI=1S/C18H19IN2O3/c1-11-4-5-12(2)18(13(11)3)24-10-17(23)21-20-9-14-8-15(19)6-7-16(14)22/h4-9,22H,10H2,1-3H3,(H,21,23)/b20-9+. The summed E-state index contributed by atoms with van der Waals surface area (Å²) in [5.41, 5.74) is 6.05. The molecular weight excluding hydrogens is 419 g/mol. The summed E-state index contributed by atoms with van der Waals surface area (Å²) in [6.07, 6.45) is 1.40. The van der Waals surface area contributed by atoms with Crippen molar-refractivity contribution >= 4 is 34.7 Å². The van der Waals surface area contributed by atoms with E-state index in [2.05, 4.69) is 33.1 Å². The van der Waals surface area contributed by atoms with Crippen molar-refractivity contribution in [1.82, 2.24) is 5.43 Å². The van der Waals surface area contributed by atoms with Crippen LogP contribution < -0.4 is 10.2 Å². The fraction of sp³-hybridized carbons (Fsp3) is 0.222. The van der Waals surface area contributed by atoms with Gasteiger partial charge < -0.3 is 9.84 Å². The number of benzene rings is 2. The van der Waals surface area contributed by atoms with Gasteiger partial charge in [-0.2, -0.15) is 5.10 Å². The Morgan fingerprint density at radius 1 is 1.25 bits per heavy atom. The number of aryl methyl sites for hydroxylation is 2. The fourth-order valence-corrected chi connectivity index (χ4v) is 2.64. The molecule has 0 bridgehead atoms. The summed E-state index contributed by atoms with van der Waals surface area (Å²) in [7, 11) is 0. The number of carbonyl (C=O) groups is 1. The average molecular weight is 438 g/mol. The molecule has 0 aliphatic rings. The summed E-state index contributed by atoms with van der Waals surface area (Å²) in [5.74, 6) is 0.469. The van der Waals surface area contributed by atoms with Crippen LogP contribution in [0.2, 0.25) is 0 Å². The first kappa shape index (κ1) is 18.3. The number of hydrazone groups is 1. The lowest BCUT2D eigenvalue weighted by molar-refractivity contribution is -0.123. The molecule has 126 valence electrons. The predicted octanol–water partition coefficient (Wildman–Crippen LogP) is 3.45. The van der Waals surface area contributed by atoms with E-state index in [1.165, 1.54) is 6.21 Å². The van der Waals surface area contributed by atoms with Crippen molar-refractivity contribution in [2.45, 2.75) is 20.8 Å². The van der Waals surface area contributed by atoms with Crippen LogP contribution in [0, 0.1) is 24.3 Å². The molecule has 6 heteroatoms. The zero-order chi connectivity index (χ0) is 17.7. The predicted molar refractivity (Wildman–Crippen MR) is 103 cm³/mol. The van der Waals surface area contributed by atoms with Crippen LogP contribution >= 0.6 is 22.6 Å². The second-order valence-corrected chi connectivity index (χ2v) is 6.68. The molecule has 0 aromatic heterocycles. The van der Waals surface area contributed by atoms with E-state index in [9.17, 15) is 9.90 Å². The van der Waals surface area contributed by atoms with E-state index >= 15 is 0 Å². The molecular formula is C18H19IN2O3. The number of halogens is 1. The van der Waals surface area contributed by atoms with Crippen LogP contribution in [-0.2, 0) is 4.79 Å². The van der Waals surface area contributed by atoms with E-state index in [0.29, 0.717) is 5.56 Å². The molecule has 0 spiro atoms. The Morgan fingerprint density at radius 3 is 2.71 bits per heavy atom. The van der Waals surface area contributed by atoms with E-state index in [4.69, 9.17) is 4.74 Å². The van der Waals surface area contributed by atoms with Gasteiger partial charge in [0, 0.05) is 9.13 Å². The van der Waals surface area contributed by atoms with Crippen LogP contribution in [0.15, 0.2) is 35.4 Å². The SMILES string of the molecule is Cc1ccc(C)c(OCC(=O)N/N=C/c2cc(I)ccc2O)c1C. The lowest BCUT2D eigenvalue weighted by atomic mass is 10.1. The van der Waals surface area contributed by atoms with Crippen LogP contribution in [0.1, 0.15) is 22.3 Å². The molecule has 0 aliphatic heterocycles. The Balaban J connectivity index is 1.94. The maximum Gasteiger partial charge on any atom is 0.277 e. The van der Waals surface area contributed by atoms with Crippen molar-refractivity contribution in [3.8, 4) is 11.5 Å². The van der Waals surface area contributed by atoms with Gasteiger partial charge >= 0.3 is 0 Å². The number of nitrogens with one attached hydrogen (secondary N) is 1. The Hall–Kier alpha value is -2.09. The number of rotatable bonds is 5. The van der Waals surface area contributed by atoms with Gasteiger partial charge in [-0.3, -0.25) is 4.79 Å². The first-order chi connectivity index (χ1) is 11.4. The van der Waals surface area contributed by atoms with Crippen molar-refractivity contribution in [1.29, 1.82) is 0 Å². The fourth-order valence-electron chi connectivity index (χ4n) is 2.12. The highest BCUT2D eigenvalue weighted by molar-refractivity contribution is 14.1. The Kier molecular flexibility index (Phi) is 6.19. The summed E-state index contributed by atoms with van der Waals surface area (Å²) in [6.45, 7) is 5.78. The third-order valence-electron chi connectivity index (χ3n) is 3.60. The van der Waals surface area contributed by atoms with E-state index in [1.807, 2.05) is 32.9 Å². The van der Waals surface area contributed by atoms with Crippen molar-refractivity contribution in [3.05, 3.63) is 56.2 Å².